The van der Waals surface area contributed by atoms with Crippen molar-refractivity contribution in [2.24, 2.45) is 0 Å². The van der Waals surface area contributed by atoms with Gasteiger partial charge in [-0.25, -0.2) is 0 Å². The number of carbonyl (C=O) groups is 2. The summed E-state index contributed by atoms with van der Waals surface area (Å²) in [4.78, 5) is 22.8. The Morgan fingerprint density at radius 2 is 2.05 bits per heavy atom. The Kier molecular flexibility index (Phi) is 5.33. The van der Waals surface area contributed by atoms with Gasteiger partial charge in [-0.3, -0.25) is 4.79 Å². The number of rotatable bonds is 6. The molecule has 0 fully saturated rings. The molecule has 0 aliphatic carbocycles. The second-order valence-electron chi connectivity index (χ2n) is 5.08. The molecule has 0 saturated heterocycles. The Labute approximate surface area is 124 Å². The molecular weight excluding hydrogens is 270 g/mol. The van der Waals surface area contributed by atoms with Crippen molar-refractivity contribution in [1.82, 2.24) is 5.32 Å². The van der Waals surface area contributed by atoms with Crippen molar-refractivity contribution in [3.05, 3.63) is 23.3 Å². The van der Waals surface area contributed by atoms with Gasteiger partial charge in [-0.2, -0.15) is 0 Å². The van der Waals surface area contributed by atoms with Crippen LogP contribution in [0.3, 0.4) is 0 Å². The summed E-state index contributed by atoms with van der Waals surface area (Å²) in [6, 6.07) is 3.84. The molecule has 0 aromatic heterocycles. The highest BCUT2D eigenvalue weighted by atomic mass is 16.5. The lowest BCUT2D eigenvalue weighted by atomic mass is 9.88. The van der Waals surface area contributed by atoms with Gasteiger partial charge in [-0.15, -0.1) is 0 Å². The molecule has 0 saturated carbocycles. The highest BCUT2D eigenvalue weighted by Crippen LogP contribution is 2.35. The van der Waals surface area contributed by atoms with Gasteiger partial charge < -0.3 is 19.6 Å². The number of Topliss-reactive ketones (excluding diaryl/α,β-unsaturated/α-hetero) is 1. The van der Waals surface area contributed by atoms with E-state index in [1.165, 1.54) is 0 Å². The normalized spacial score (nSPS) is 17.5. The Morgan fingerprint density at radius 1 is 1.33 bits per heavy atom. The SMILES string of the molecule is COc1cc2c(cc1OC)C(C(=O)CCC=O)CNCC2. The summed E-state index contributed by atoms with van der Waals surface area (Å²) < 4.78 is 10.7. The van der Waals surface area contributed by atoms with Crippen LogP contribution in [0.1, 0.15) is 29.9 Å². The van der Waals surface area contributed by atoms with E-state index in [2.05, 4.69) is 5.32 Å². The zero-order chi connectivity index (χ0) is 15.2. The van der Waals surface area contributed by atoms with Crippen LogP contribution < -0.4 is 14.8 Å². The maximum Gasteiger partial charge on any atom is 0.161 e. The van der Waals surface area contributed by atoms with Crippen LogP contribution in [0.5, 0.6) is 11.5 Å². The van der Waals surface area contributed by atoms with Crippen LogP contribution in [0.25, 0.3) is 0 Å². The van der Waals surface area contributed by atoms with Gasteiger partial charge in [0.2, 0.25) is 0 Å². The molecular formula is C16H21NO4. The Morgan fingerprint density at radius 3 is 2.71 bits per heavy atom. The first-order valence-corrected chi connectivity index (χ1v) is 7.13. The quantitative estimate of drug-likeness (QED) is 0.804. The van der Waals surface area contributed by atoms with Crippen molar-refractivity contribution in [3.63, 3.8) is 0 Å². The fourth-order valence-corrected chi connectivity index (χ4v) is 2.72. The Bertz CT molecular complexity index is 527. The second kappa shape index (κ2) is 7.22. The fraction of sp³-hybridized carbons (Fsp3) is 0.500. The summed E-state index contributed by atoms with van der Waals surface area (Å²) in [6.07, 6.45) is 2.19. The topological polar surface area (TPSA) is 64.6 Å². The lowest BCUT2D eigenvalue weighted by molar-refractivity contribution is -0.122. The highest BCUT2D eigenvalue weighted by molar-refractivity contribution is 5.88. The second-order valence-corrected chi connectivity index (χ2v) is 5.08. The zero-order valence-electron chi connectivity index (χ0n) is 12.5. The van der Waals surface area contributed by atoms with Crippen LogP contribution in [0, 0.1) is 0 Å². The average molecular weight is 291 g/mol. The number of fused-ring (bicyclic) bond motifs is 1. The molecule has 1 N–H and O–H groups in total. The smallest absolute Gasteiger partial charge is 0.161 e. The zero-order valence-corrected chi connectivity index (χ0v) is 12.5. The van der Waals surface area contributed by atoms with Crippen LogP contribution in [-0.4, -0.2) is 39.4 Å². The maximum atomic E-state index is 12.4. The standard InChI is InChI=1S/C16H21NO4/c1-20-15-8-11-5-6-17-10-13(14(19)4-3-7-18)12(11)9-16(15)21-2/h7-9,13,17H,3-6,10H2,1-2H3. The number of benzene rings is 1. The van der Waals surface area contributed by atoms with E-state index in [4.69, 9.17) is 9.47 Å². The van der Waals surface area contributed by atoms with Crippen LogP contribution >= 0.6 is 0 Å². The molecule has 1 heterocycles. The van der Waals surface area contributed by atoms with Crippen LogP contribution in [0.2, 0.25) is 0 Å². The minimum Gasteiger partial charge on any atom is -0.493 e. The summed E-state index contributed by atoms with van der Waals surface area (Å²) >= 11 is 0. The summed E-state index contributed by atoms with van der Waals surface area (Å²) in [5.41, 5.74) is 2.08. The molecule has 114 valence electrons. The van der Waals surface area contributed by atoms with E-state index in [1.54, 1.807) is 14.2 Å². The molecule has 1 atom stereocenters. The number of hydrogen-bond acceptors (Lipinski definition) is 5. The van der Waals surface area contributed by atoms with Crippen LogP contribution in [0.15, 0.2) is 12.1 Å². The largest absolute Gasteiger partial charge is 0.493 e. The van der Waals surface area contributed by atoms with Gasteiger partial charge in [-0.05, 0) is 36.2 Å². The van der Waals surface area contributed by atoms with Gasteiger partial charge in [0, 0.05) is 19.4 Å². The molecule has 0 amide bonds. The number of aldehydes is 1. The van der Waals surface area contributed by atoms with E-state index >= 15 is 0 Å². The summed E-state index contributed by atoms with van der Waals surface area (Å²) in [7, 11) is 3.19. The minimum atomic E-state index is -0.234. The molecule has 1 aromatic rings. The predicted octanol–water partition coefficient (Wildman–Crippen LogP) is 1.48. The number of methoxy groups -OCH3 is 2. The van der Waals surface area contributed by atoms with E-state index in [-0.39, 0.29) is 24.5 Å². The average Bonchev–Trinajstić information content (AvgIpc) is 2.72. The van der Waals surface area contributed by atoms with Crippen LogP contribution in [0.4, 0.5) is 0 Å². The lowest BCUT2D eigenvalue weighted by Gasteiger charge is -2.18. The Hall–Kier alpha value is -1.88. The number of hydrogen-bond donors (Lipinski definition) is 1. The molecule has 1 aliphatic rings. The van der Waals surface area contributed by atoms with Gasteiger partial charge >= 0.3 is 0 Å². The van der Waals surface area contributed by atoms with Crippen molar-refractivity contribution in [2.45, 2.75) is 25.2 Å². The molecule has 5 nitrogen and oxygen atoms in total. The summed E-state index contributed by atoms with van der Waals surface area (Å²) in [5, 5.41) is 3.29. The number of carbonyl (C=O) groups excluding carboxylic acids is 2. The van der Waals surface area contributed by atoms with E-state index in [1.807, 2.05) is 12.1 Å². The predicted molar refractivity (Wildman–Crippen MR) is 79.2 cm³/mol. The first kappa shape index (κ1) is 15.5. The maximum absolute atomic E-state index is 12.4. The molecule has 21 heavy (non-hydrogen) atoms. The van der Waals surface area contributed by atoms with Crippen molar-refractivity contribution >= 4 is 12.1 Å². The monoisotopic (exact) mass is 291 g/mol. The Balaban J connectivity index is 2.39. The first-order chi connectivity index (χ1) is 10.2. The molecule has 1 aromatic carbocycles. The molecule has 1 aliphatic heterocycles. The third-order valence-electron chi connectivity index (χ3n) is 3.84. The molecule has 0 radical (unpaired) electrons. The van der Waals surface area contributed by atoms with Crippen molar-refractivity contribution in [3.8, 4) is 11.5 Å². The minimum absolute atomic E-state index is 0.0879. The van der Waals surface area contributed by atoms with Gasteiger partial charge in [0.05, 0.1) is 20.1 Å². The molecule has 0 bridgehead atoms. The molecule has 5 heteroatoms. The van der Waals surface area contributed by atoms with Gasteiger partial charge in [0.15, 0.2) is 11.5 Å². The summed E-state index contributed by atoms with van der Waals surface area (Å²) in [6.45, 7) is 1.42. The summed E-state index contributed by atoms with van der Waals surface area (Å²) in [5.74, 6) is 1.16. The van der Waals surface area contributed by atoms with Crippen molar-refractivity contribution in [2.75, 3.05) is 27.3 Å². The lowest BCUT2D eigenvalue weighted by Crippen LogP contribution is -2.25. The first-order valence-electron chi connectivity index (χ1n) is 7.13. The number of ketones is 1. The van der Waals surface area contributed by atoms with Gasteiger partial charge in [0.1, 0.15) is 12.1 Å². The number of nitrogens with one attached hydrogen (secondary N) is 1. The van der Waals surface area contributed by atoms with E-state index < -0.39 is 0 Å². The van der Waals surface area contributed by atoms with Gasteiger partial charge in [0.25, 0.3) is 0 Å². The van der Waals surface area contributed by atoms with E-state index in [0.29, 0.717) is 18.0 Å². The fourth-order valence-electron chi connectivity index (χ4n) is 2.72. The molecule has 1 unspecified atom stereocenters. The highest BCUT2D eigenvalue weighted by Gasteiger charge is 2.26. The third kappa shape index (κ3) is 3.42. The van der Waals surface area contributed by atoms with Crippen LogP contribution in [-0.2, 0) is 16.0 Å². The third-order valence-corrected chi connectivity index (χ3v) is 3.84. The number of ether oxygens (including phenoxy) is 2. The van der Waals surface area contributed by atoms with E-state index in [9.17, 15) is 9.59 Å². The molecule has 2 rings (SSSR count). The van der Waals surface area contributed by atoms with E-state index in [0.717, 1.165) is 30.4 Å². The van der Waals surface area contributed by atoms with Gasteiger partial charge in [-0.1, -0.05) is 0 Å². The molecule has 0 spiro atoms. The van der Waals surface area contributed by atoms with Crippen molar-refractivity contribution < 1.29 is 19.1 Å². The van der Waals surface area contributed by atoms with Crippen molar-refractivity contribution in [1.29, 1.82) is 0 Å².